The lowest BCUT2D eigenvalue weighted by Gasteiger charge is -2.41. The van der Waals surface area contributed by atoms with Crippen LogP contribution in [0.2, 0.25) is 0 Å². The molecule has 0 bridgehead atoms. The van der Waals surface area contributed by atoms with Crippen molar-refractivity contribution in [3.05, 3.63) is 53.9 Å². The molecule has 1 unspecified atom stereocenters. The second-order valence-electron chi connectivity index (χ2n) is 12.1. The average Bonchev–Trinajstić information content (AvgIpc) is 3.80. The van der Waals surface area contributed by atoms with Crippen LogP contribution in [0, 0.1) is 5.92 Å². The number of carbonyl (C=O) groups is 3. The first-order valence-corrected chi connectivity index (χ1v) is 14.6. The van der Waals surface area contributed by atoms with Gasteiger partial charge in [-0.3, -0.25) is 14.6 Å². The Balaban J connectivity index is 1.45. The predicted molar refractivity (Wildman–Crippen MR) is 154 cm³/mol. The summed E-state index contributed by atoms with van der Waals surface area (Å²) in [7, 11) is 0. The van der Waals surface area contributed by atoms with Crippen LogP contribution in [0.1, 0.15) is 81.4 Å². The molecule has 9 nitrogen and oxygen atoms in total. The van der Waals surface area contributed by atoms with E-state index in [1.54, 1.807) is 11.1 Å². The molecule has 3 heterocycles. The Hall–Kier alpha value is -3.62. The minimum absolute atomic E-state index is 0.0503. The summed E-state index contributed by atoms with van der Waals surface area (Å²) in [6.07, 6.45) is 7.68. The van der Waals surface area contributed by atoms with Crippen LogP contribution >= 0.6 is 0 Å². The van der Waals surface area contributed by atoms with Crippen LogP contribution in [0.5, 0.6) is 0 Å². The molecule has 0 spiro atoms. The third-order valence-corrected chi connectivity index (χ3v) is 7.71. The number of pyridine rings is 1. The third-order valence-electron chi connectivity index (χ3n) is 7.71. The molecule has 2 aromatic rings. The molecule has 214 valence electrons. The number of hydrogen-bond acceptors (Lipinski definition) is 6. The van der Waals surface area contributed by atoms with Crippen molar-refractivity contribution >= 4 is 29.3 Å². The van der Waals surface area contributed by atoms with Crippen LogP contribution in [0.25, 0.3) is 0 Å². The smallest absolute Gasteiger partial charge is 0.410 e. The standard InChI is InChI=1S/C31H41N5O4/c1-31(2,3)40-30(39)35-18-19-36(27(21-35)25-10-6-7-15-32-25)29(38)24-14-13-23(33-28(37)22-11-12-22)20-26(24)34-16-8-4-5-9-17-34/h6-7,10,13-15,20,22,27H,4-5,8-9,11-12,16-19,21H2,1-3H3,(H,33,37). The van der Waals surface area contributed by atoms with Crippen LogP contribution < -0.4 is 10.2 Å². The molecule has 2 aliphatic heterocycles. The second-order valence-corrected chi connectivity index (χ2v) is 12.1. The molecule has 1 saturated carbocycles. The van der Waals surface area contributed by atoms with Gasteiger partial charge in [0.25, 0.3) is 5.91 Å². The Morgan fingerprint density at radius 2 is 1.70 bits per heavy atom. The zero-order chi connectivity index (χ0) is 28.3. The molecular formula is C31H41N5O4. The Morgan fingerprint density at radius 1 is 0.950 bits per heavy atom. The molecule has 2 saturated heterocycles. The SMILES string of the molecule is CC(C)(C)OC(=O)N1CCN(C(=O)c2ccc(NC(=O)C3CC3)cc2N2CCCCCC2)C(c2ccccn2)C1. The first-order valence-electron chi connectivity index (χ1n) is 14.6. The number of hydrogen-bond donors (Lipinski definition) is 1. The highest BCUT2D eigenvalue weighted by molar-refractivity contribution is 6.02. The molecule has 1 aromatic heterocycles. The lowest BCUT2D eigenvalue weighted by molar-refractivity contribution is -0.117. The van der Waals surface area contributed by atoms with E-state index >= 15 is 0 Å². The fourth-order valence-electron chi connectivity index (χ4n) is 5.45. The van der Waals surface area contributed by atoms with E-state index in [0.29, 0.717) is 25.2 Å². The Morgan fingerprint density at radius 3 is 2.35 bits per heavy atom. The summed E-state index contributed by atoms with van der Waals surface area (Å²) < 4.78 is 5.64. The number of piperazine rings is 1. The number of benzene rings is 1. The lowest BCUT2D eigenvalue weighted by atomic mass is 10.0. The van der Waals surface area contributed by atoms with Crippen LogP contribution in [-0.2, 0) is 9.53 Å². The molecular weight excluding hydrogens is 506 g/mol. The Bertz CT molecular complexity index is 1220. The average molecular weight is 548 g/mol. The maximum atomic E-state index is 14.3. The molecule has 3 fully saturated rings. The molecule has 1 aromatic carbocycles. The van der Waals surface area contributed by atoms with Gasteiger partial charge in [0.15, 0.2) is 0 Å². The number of aromatic nitrogens is 1. The van der Waals surface area contributed by atoms with Gasteiger partial charge in [0.2, 0.25) is 5.91 Å². The minimum atomic E-state index is -0.608. The monoisotopic (exact) mass is 547 g/mol. The van der Waals surface area contributed by atoms with Crippen LogP contribution in [0.3, 0.4) is 0 Å². The minimum Gasteiger partial charge on any atom is -0.444 e. The fraction of sp³-hybridized carbons (Fsp3) is 0.548. The van der Waals surface area contributed by atoms with Gasteiger partial charge in [0, 0.05) is 44.0 Å². The van der Waals surface area contributed by atoms with E-state index < -0.39 is 11.6 Å². The van der Waals surface area contributed by atoms with E-state index in [0.717, 1.165) is 55.8 Å². The number of rotatable bonds is 5. The van der Waals surface area contributed by atoms with Crippen LogP contribution in [0.15, 0.2) is 42.6 Å². The normalized spacial score (nSPS) is 20.1. The highest BCUT2D eigenvalue weighted by Crippen LogP contribution is 2.34. The second kappa shape index (κ2) is 11.9. The van der Waals surface area contributed by atoms with Crippen LogP contribution in [0.4, 0.5) is 16.2 Å². The van der Waals surface area contributed by atoms with Gasteiger partial charge < -0.3 is 24.8 Å². The summed E-state index contributed by atoms with van der Waals surface area (Å²) in [6.45, 7) is 8.32. The van der Waals surface area contributed by atoms with Crippen molar-refractivity contribution in [1.29, 1.82) is 0 Å². The van der Waals surface area contributed by atoms with Crippen molar-refractivity contribution in [2.45, 2.75) is 70.9 Å². The highest BCUT2D eigenvalue weighted by atomic mass is 16.6. The number of nitrogens with zero attached hydrogens (tertiary/aromatic N) is 4. The summed E-state index contributed by atoms with van der Waals surface area (Å²) in [4.78, 5) is 50.1. The molecule has 1 N–H and O–H groups in total. The van der Waals surface area contributed by atoms with Crippen molar-refractivity contribution in [2.75, 3.05) is 42.9 Å². The van der Waals surface area contributed by atoms with E-state index in [1.807, 2.05) is 62.1 Å². The van der Waals surface area contributed by atoms with E-state index in [9.17, 15) is 14.4 Å². The highest BCUT2D eigenvalue weighted by Gasteiger charge is 2.37. The number of anilines is 2. The first kappa shape index (κ1) is 27.9. The quantitative estimate of drug-likeness (QED) is 0.550. The van der Waals surface area contributed by atoms with E-state index in [4.69, 9.17) is 4.74 Å². The van der Waals surface area contributed by atoms with Crippen molar-refractivity contribution in [3.8, 4) is 0 Å². The number of nitrogens with one attached hydrogen (secondary N) is 1. The zero-order valence-corrected chi connectivity index (χ0v) is 23.9. The Labute approximate surface area is 236 Å². The van der Waals surface area contributed by atoms with Gasteiger partial charge in [0.1, 0.15) is 5.60 Å². The Kier molecular flexibility index (Phi) is 8.28. The topological polar surface area (TPSA) is 95.1 Å². The summed E-state index contributed by atoms with van der Waals surface area (Å²) in [5, 5.41) is 3.06. The molecule has 9 heteroatoms. The molecule has 3 aliphatic rings. The summed E-state index contributed by atoms with van der Waals surface area (Å²) in [5.41, 5.74) is 2.31. The predicted octanol–water partition coefficient (Wildman–Crippen LogP) is 5.24. The summed E-state index contributed by atoms with van der Waals surface area (Å²) in [5.74, 6) is 0.0523. The molecule has 5 rings (SSSR count). The van der Waals surface area contributed by atoms with Crippen molar-refractivity contribution in [2.24, 2.45) is 5.92 Å². The number of ether oxygens (including phenoxy) is 1. The van der Waals surface area contributed by atoms with Gasteiger partial charge in [-0.1, -0.05) is 18.9 Å². The van der Waals surface area contributed by atoms with Crippen molar-refractivity contribution in [1.82, 2.24) is 14.8 Å². The zero-order valence-electron chi connectivity index (χ0n) is 23.9. The maximum absolute atomic E-state index is 14.3. The first-order chi connectivity index (χ1) is 19.2. The van der Waals surface area contributed by atoms with Gasteiger partial charge in [-0.2, -0.15) is 0 Å². The van der Waals surface area contributed by atoms with Crippen molar-refractivity contribution < 1.29 is 19.1 Å². The van der Waals surface area contributed by atoms with Gasteiger partial charge in [0.05, 0.1) is 29.5 Å². The fourth-order valence-corrected chi connectivity index (χ4v) is 5.45. The van der Waals surface area contributed by atoms with Gasteiger partial charge in [-0.25, -0.2) is 4.79 Å². The maximum Gasteiger partial charge on any atom is 0.410 e. The lowest BCUT2D eigenvalue weighted by Crippen LogP contribution is -2.53. The molecule has 0 radical (unpaired) electrons. The molecule has 1 atom stereocenters. The molecule has 1 aliphatic carbocycles. The molecule has 40 heavy (non-hydrogen) atoms. The summed E-state index contributed by atoms with van der Waals surface area (Å²) in [6, 6.07) is 10.9. The molecule has 3 amide bonds. The van der Waals surface area contributed by atoms with E-state index in [1.165, 1.54) is 12.8 Å². The number of carbonyl (C=O) groups excluding carboxylic acids is 3. The van der Waals surface area contributed by atoms with Crippen LogP contribution in [-0.4, -0.2) is 71.0 Å². The van der Waals surface area contributed by atoms with Gasteiger partial charge >= 0.3 is 6.09 Å². The number of amides is 3. The summed E-state index contributed by atoms with van der Waals surface area (Å²) >= 11 is 0. The van der Waals surface area contributed by atoms with E-state index in [-0.39, 0.29) is 23.8 Å². The third kappa shape index (κ3) is 6.74. The van der Waals surface area contributed by atoms with Crippen molar-refractivity contribution in [3.63, 3.8) is 0 Å². The van der Waals surface area contributed by atoms with Gasteiger partial charge in [-0.05, 0) is 76.8 Å². The van der Waals surface area contributed by atoms with E-state index in [2.05, 4.69) is 15.2 Å². The van der Waals surface area contributed by atoms with Gasteiger partial charge in [-0.15, -0.1) is 0 Å². The largest absolute Gasteiger partial charge is 0.444 e.